The maximum absolute atomic E-state index is 10.7. The zero-order chi connectivity index (χ0) is 11.3. The van der Waals surface area contributed by atoms with Crippen LogP contribution in [0.2, 0.25) is 0 Å². The van der Waals surface area contributed by atoms with Crippen molar-refractivity contribution in [2.24, 2.45) is 0 Å². The highest BCUT2D eigenvalue weighted by Gasteiger charge is 2.16. The molecular formula is C10H10BrNO3. The molecule has 0 aliphatic heterocycles. The van der Waals surface area contributed by atoms with Crippen molar-refractivity contribution in [1.29, 1.82) is 0 Å². The van der Waals surface area contributed by atoms with E-state index in [1.54, 1.807) is 0 Å². The van der Waals surface area contributed by atoms with Gasteiger partial charge in [-0.25, -0.2) is 4.79 Å². The third-order valence-electron chi connectivity index (χ3n) is 1.92. The van der Waals surface area contributed by atoms with E-state index in [1.165, 1.54) is 0 Å². The third-order valence-corrected chi connectivity index (χ3v) is 2.45. The van der Waals surface area contributed by atoms with Crippen molar-refractivity contribution >= 4 is 28.3 Å². The Hall–Kier alpha value is -1.36. The molecule has 2 N–H and O–H groups in total. The Labute approximate surface area is 95.4 Å². The first-order valence-electron chi connectivity index (χ1n) is 4.30. The van der Waals surface area contributed by atoms with Crippen molar-refractivity contribution in [3.63, 3.8) is 0 Å². The summed E-state index contributed by atoms with van der Waals surface area (Å²) in [6, 6.07) is 6.41. The smallest absolute Gasteiger partial charge is 0.326 e. The van der Waals surface area contributed by atoms with Crippen molar-refractivity contribution < 1.29 is 14.7 Å². The Morgan fingerprint density at radius 1 is 1.47 bits per heavy atom. The SMILES string of the molecule is O=CN[C@@H](Cc1ccc(Br)cc1)C(=O)O. The van der Waals surface area contributed by atoms with E-state index in [0.29, 0.717) is 6.41 Å². The molecule has 4 nitrogen and oxygen atoms in total. The van der Waals surface area contributed by atoms with Gasteiger partial charge >= 0.3 is 5.97 Å². The van der Waals surface area contributed by atoms with Gasteiger partial charge in [0.05, 0.1) is 0 Å². The Morgan fingerprint density at radius 3 is 2.53 bits per heavy atom. The first kappa shape index (κ1) is 11.7. The van der Waals surface area contributed by atoms with Gasteiger partial charge in [0.2, 0.25) is 6.41 Å². The van der Waals surface area contributed by atoms with Gasteiger partial charge in [0.25, 0.3) is 0 Å². The average molecular weight is 272 g/mol. The molecule has 0 radical (unpaired) electrons. The van der Waals surface area contributed by atoms with Crippen LogP contribution in [0.4, 0.5) is 0 Å². The molecule has 5 heteroatoms. The number of carbonyl (C=O) groups is 2. The molecule has 1 aromatic carbocycles. The standard InChI is InChI=1S/C10H10BrNO3/c11-8-3-1-7(2-4-8)5-9(10(14)15)12-6-13/h1-4,6,9H,5H2,(H,12,13)(H,14,15)/t9-/m0/s1. The van der Waals surface area contributed by atoms with E-state index in [2.05, 4.69) is 21.2 Å². The Morgan fingerprint density at radius 2 is 2.07 bits per heavy atom. The molecule has 1 rings (SSSR count). The molecule has 0 spiro atoms. The summed E-state index contributed by atoms with van der Waals surface area (Å²) >= 11 is 3.28. The number of hydrogen-bond acceptors (Lipinski definition) is 2. The molecule has 1 amide bonds. The van der Waals surface area contributed by atoms with E-state index < -0.39 is 12.0 Å². The number of benzene rings is 1. The minimum atomic E-state index is -1.04. The molecule has 0 aromatic heterocycles. The molecular weight excluding hydrogens is 262 g/mol. The number of aliphatic carboxylic acids is 1. The van der Waals surface area contributed by atoms with Crippen LogP contribution in [-0.2, 0) is 16.0 Å². The van der Waals surface area contributed by atoms with E-state index in [-0.39, 0.29) is 6.42 Å². The predicted molar refractivity (Wildman–Crippen MR) is 58.5 cm³/mol. The van der Waals surface area contributed by atoms with E-state index in [0.717, 1.165) is 10.0 Å². The second kappa shape index (κ2) is 5.50. The van der Waals surface area contributed by atoms with Gasteiger partial charge < -0.3 is 10.4 Å². The number of amides is 1. The van der Waals surface area contributed by atoms with Gasteiger partial charge in [0, 0.05) is 10.9 Å². The van der Waals surface area contributed by atoms with Crippen LogP contribution in [0.1, 0.15) is 5.56 Å². The van der Waals surface area contributed by atoms with Gasteiger partial charge in [-0.3, -0.25) is 4.79 Å². The zero-order valence-electron chi connectivity index (χ0n) is 7.81. The highest BCUT2D eigenvalue weighted by atomic mass is 79.9. The molecule has 0 saturated heterocycles. The maximum atomic E-state index is 10.7. The van der Waals surface area contributed by atoms with Crippen LogP contribution in [-0.4, -0.2) is 23.5 Å². The minimum Gasteiger partial charge on any atom is -0.480 e. The van der Waals surface area contributed by atoms with Crippen molar-refractivity contribution in [3.05, 3.63) is 34.3 Å². The summed E-state index contributed by atoms with van der Waals surface area (Å²) in [5.74, 6) is -1.04. The number of carbonyl (C=O) groups excluding carboxylic acids is 1. The van der Waals surface area contributed by atoms with Crippen LogP contribution in [0.5, 0.6) is 0 Å². The monoisotopic (exact) mass is 271 g/mol. The fourth-order valence-corrected chi connectivity index (χ4v) is 1.42. The first-order chi connectivity index (χ1) is 7.13. The van der Waals surface area contributed by atoms with Crippen LogP contribution in [0.3, 0.4) is 0 Å². The van der Waals surface area contributed by atoms with Crippen LogP contribution in [0, 0.1) is 0 Å². The summed E-state index contributed by atoms with van der Waals surface area (Å²) in [4.78, 5) is 20.9. The Kier molecular flexibility index (Phi) is 4.30. The number of carboxylic acids is 1. The molecule has 0 aliphatic rings. The summed E-state index contributed by atoms with van der Waals surface area (Å²) in [5, 5.41) is 11.0. The summed E-state index contributed by atoms with van der Waals surface area (Å²) in [7, 11) is 0. The summed E-state index contributed by atoms with van der Waals surface area (Å²) in [6.07, 6.45) is 0.680. The van der Waals surface area contributed by atoms with Gasteiger partial charge in [0.1, 0.15) is 6.04 Å². The van der Waals surface area contributed by atoms with Gasteiger partial charge in [-0.2, -0.15) is 0 Å². The topological polar surface area (TPSA) is 66.4 Å². The van der Waals surface area contributed by atoms with Gasteiger partial charge in [-0.05, 0) is 17.7 Å². The summed E-state index contributed by atoms with van der Waals surface area (Å²) in [5.41, 5.74) is 0.861. The number of rotatable bonds is 5. The lowest BCUT2D eigenvalue weighted by Crippen LogP contribution is -2.37. The van der Waals surface area contributed by atoms with Crippen molar-refractivity contribution in [2.75, 3.05) is 0 Å². The highest BCUT2D eigenvalue weighted by molar-refractivity contribution is 9.10. The van der Waals surface area contributed by atoms with Gasteiger partial charge in [-0.1, -0.05) is 28.1 Å². The first-order valence-corrected chi connectivity index (χ1v) is 5.09. The molecule has 0 saturated carbocycles. The van der Waals surface area contributed by atoms with Crippen LogP contribution in [0.15, 0.2) is 28.7 Å². The summed E-state index contributed by atoms with van der Waals surface area (Å²) < 4.78 is 0.932. The number of halogens is 1. The fourth-order valence-electron chi connectivity index (χ4n) is 1.16. The van der Waals surface area contributed by atoms with Crippen molar-refractivity contribution in [3.8, 4) is 0 Å². The zero-order valence-corrected chi connectivity index (χ0v) is 9.40. The van der Waals surface area contributed by atoms with Crippen LogP contribution < -0.4 is 5.32 Å². The lowest BCUT2D eigenvalue weighted by Gasteiger charge is -2.10. The quantitative estimate of drug-likeness (QED) is 0.791. The molecule has 0 unspecified atom stereocenters. The second-order valence-corrected chi connectivity index (χ2v) is 3.92. The van der Waals surface area contributed by atoms with Crippen LogP contribution >= 0.6 is 15.9 Å². The largest absolute Gasteiger partial charge is 0.480 e. The second-order valence-electron chi connectivity index (χ2n) is 3.01. The van der Waals surface area contributed by atoms with Gasteiger partial charge in [0.15, 0.2) is 0 Å². The van der Waals surface area contributed by atoms with Gasteiger partial charge in [-0.15, -0.1) is 0 Å². The third kappa shape index (κ3) is 3.71. The number of carboxylic acid groups (broad SMARTS) is 1. The number of hydrogen-bond donors (Lipinski definition) is 2. The summed E-state index contributed by atoms with van der Waals surface area (Å²) in [6.45, 7) is 0. The molecule has 15 heavy (non-hydrogen) atoms. The average Bonchev–Trinajstić information content (AvgIpc) is 2.20. The van der Waals surface area contributed by atoms with E-state index >= 15 is 0 Å². The van der Waals surface area contributed by atoms with Crippen molar-refractivity contribution in [1.82, 2.24) is 5.32 Å². The lowest BCUT2D eigenvalue weighted by molar-refractivity contribution is -0.140. The molecule has 80 valence electrons. The van der Waals surface area contributed by atoms with Crippen LogP contribution in [0.25, 0.3) is 0 Å². The maximum Gasteiger partial charge on any atom is 0.326 e. The molecule has 1 atom stereocenters. The lowest BCUT2D eigenvalue weighted by atomic mass is 10.1. The van der Waals surface area contributed by atoms with Crippen molar-refractivity contribution in [2.45, 2.75) is 12.5 Å². The molecule has 0 aliphatic carbocycles. The number of nitrogens with one attached hydrogen (secondary N) is 1. The fraction of sp³-hybridized carbons (Fsp3) is 0.200. The minimum absolute atomic E-state index is 0.279. The predicted octanol–water partition coefficient (Wildman–Crippen LogP) is 1.19. The normalized spacial score (nSPS) is 11.8. The van der Waals surface area contributed by atoms with E-state index in [4.69, 9.17) is 5.11 Å². The molecule has 0 heterocycles. The van der Waals surface area contributed by atoms with E-state index in [1.807, 2.05) is 24.3 Å². The Bertz CT molecular complexity index is 350. The molecule has 1 aromatic rings. The highest BCUT2D eigenvalue weighted by Crippen LogP contribution is 2.11. The van der Waals surface area contributed by atoms with E-state index in [9.17, 15) is 9.59 Å². The molecule has 0 bridgehead atoms. The Balaban J connectivity index is 2.69. The molecule has 0 fully saturated rings.